The summed E-state index contributed by atoms with van der Waals surface area (Å²) >= 11 is 11.2. The first kappa shape index (κ1) is 17.8. The van der Waals surface area contributed by atoms with Crippen molar-refractivity contribution in [2.75, 3.05) is 19.5 Å². The molecular formula is C15H15ClN4O3S. The summed E-state index contributed by atoms with van der Waals surface area (Å²) in [4.78, 5) is 15.8. The molecule has 0 bridgehead atoms. The van der Waals surface area contributed by atoms with Gasteiger partial charge in [-0.3, -0.25) is 20.6 Å². The first-order valence-electron chi connectivity index (χ1n) is 6.74. The van der Waals surface area contributed by atoms with Crippen LogP contribution in [0.5, 0.6) is 11.5 Å². The van der Waals surface area contributed by atoms with Crippen LogP contribution in [0.1, 0.15) is 10.4 Å². The summed E-state index contributed by atoms with van der Waals surface area (Å²) < 4.78 is 10.4. The second-order valence-electron chi connectivity index (χ2n) is 4.46. The Morgan fingerprint density at radius 2 is 1.96 bits per heavy atom. The number of carbonyl (C=O) groups excluding carboxylic acids is 1. The van der Waals surface area contributed by atoms with Crippen molar-refractivity contribution in [2.45, 2.75) is 0 Å². The Bertz CT molecular complexity index is 743. The predicted octanol–water partition coefficient (Wildman–Crippen LogP) is 2.38. The van der Waals surface area contributed by atoms with Crippen LogP contribution in [0, 0.1) is 0 Å². The first-order valence-corrected chi connectivity index (χ1v) is 7.52. The molecule has 1 aromatic heterocycles. The molecule has 0 saturated heterocycles. The molecule has 1 amide bonds. The van der Waals surface area contributed by atoms with Crippen molar-refractivity contribution < 1.29 is 14.3 Å². The van der Waals surface area contributed by atoms with E-state index in [1.54, 1.807) is 30.5 Å². The lowest BCUT2D eigenvalue weighted by atomic mass is 10.2. The molecule has 3 N–H and O–H groups in total. The van der Waals surface area contributed by atoms with Crippen molar-refractivity contribution >= 4 is 40.5 Å². The van der Waals surface area contributed by atoms with Gasteiger partial charge in [0.1, 0.15) is 11.5 Å². The van der Waals surface area contributed by atoms with Crippen LogP contribution < -0.4 is 25.6 Å². The highest BCUT2D eigenvalue weighted by atomic mass is 35.5. The molecule has 2 rings (SSSR count). The lowest BCUT2D eigenvalue weighted by Gasteiger charge is -2.15. The predicted molar refractivity (Wildman–Crippen MR) is 95.6 cm³/mol. The fourth-order valence-corrected chi connectivity index (χ4v) is 2.19. The zero-order valence-electron chi connectivity index (χ0n) is 12.9. The minimum atomic E-state index is -0.368. The SMILES string of the molecule is COc1cc(NC(=S)NNC(=O)c2cccnc2)c(OC)cc1Cl. The molecule has 0 unspecified atom stereocenters. The summed E-state index contributed by atoms with van der Waals surface area (Å²) in [5.41, 5.74) is 6.00. The Kier molecular flexibility index (Phi) is 6.16. The fraction of sp³-hybridized carbons (Fsp3) is 0.133. The molecule has 1 heterocycles. The highest BCUT2D eigenvalue weighted by Gasteiger charge is 2.12. The third kappa shape index (κ3) is 4.46. The maximum Gasteiger partial charge on any atom is 0.271 e. The summed E-state index contributed by atoms with van der Waals surface area (Å²) in [5, 5.41) is 3.46. The number of nitrogens with zero attached hydrogens (tertiary/aromatic N) is 1. The number of pyridine rings is 1. The van der Waals surface area contributed by atoms with Crippen molar-refractivity contribution in [3.63, 3.8) is 0 Å². The van der Waals surface area contributed by atoms with Crippen molar-refractivity contribution in [3.8, 4) is 11.5 Å². The van der Waals surface area contributed by atoms with Gasteiger partial charge in [-0.2, -0.15) is 0 Å². The molecule has 24 heavy (non-hydrogen) atoms. The van der Waals surface area contributed by atoms with Crippen LogP contribution in [0.2, 0.25) is 5.02 Å². The number of carbonyl (C=O) groups is 1. The summed E-state index contributed by atoms with van der Waals surface area (Å²) in [7, 11) is 3.01. The van der Waals surface area contributed by atoms with E-state index in [2.05, 4.69) is 21.2 Å². The second kappa shape index (κ2) is 8.32. The quantitative estimate of drug-likeness (QED) is 0.566. The molecule has 2 aromatic rings. The van der Waals surface area contributed by atoms with Gasteiger partial charge in [-0.15, -0.1) is 0 Å². The van der Waals surface area contributed by atoms with Gasteiger partial charge in [0, 0.05) is 24.5 Å². The second-order valence-corrected chi connectivity index (χ2v) is 5.28. The summed E-state index contributed by atoms with van der Waals surface area (Å²) in [5.74, 6) is 0.568. The average molecular weight is 367 g/mol. The molecule has 0 spiro atoms. The van der Waals surface area contributed by atoms with E-state index < -0.39 is 0 Å². The van der Waals surface area contributed by atoms with E-state index in [0.717, 1.165) is 0 Å². The Labute approximate surface area is 149 Å². The number of nitrogens with one attached hydrogen (secondary N) is 3. The van der Waals surface area contributed by atoms with Crippen LogP contribution in [0.15, 0.2) is 36.7 Å². The molecule has 1 aromatic carbocycles. The number of hydrazine groups is 1. The normalized spacial score (nSPS) is 9.79. The smallest absolute Gasteiger partial charge is 0.271 e. The van der Waals surface area contributed by atoms with Crippen molar-refractivity contribution in [2.24, 2.45) is 0 Å². The Balaban J connectivity index is 2.01. The van der Waals surface area contributed by atoms with E-state index in [9.17, 15) is 4.79 Å². The molecular weight excluding hydrogens is 352 g/mol. The number of hydrogen-bond donors (Lipinski definition) is 3. The number of ether oxygens (including phenoxy) is 2. The van der Waals surface area contributed by atoms with Gasteiger partial charge in [0.15, 0.2) is 5.11 Å². The van der Waals surface area contributed by atoms with E-state index >= 15 is 0 Å². The molecule has 7 nitrogen and oxygen atoms in total. The number of halogens is 1. The van der Waals surface area contributed by atoms with Gasteiger partial charge >= 0.3 is 0 Å². The summed E-state index contributed by atoms with van der Waals surface area (Å²) in [6.07, 6.45) is 3.02. The van der Waals surface area contributed by atoms with Crippen molar-refractivity contribution in [1.29, 1.82) is 0 Å². The molecule has 0 saturated carbocycles. The topological polar surface area (TPSA) is 84.5 Å². The van der Waals surface area contributed by atoms with Crippen LogP contribution >= 0.6 is 23.8 Å². The molecule has 0 aliphatic rings. The number of hydrogen-bond acceptors (Lipinski definition) is 5. The molecule has 9 heteroatoms. The Morgan fingerprint density at radius 1 is 1.21 bits per heavy atom. The Morgan fingerprint density at radius 3 is 2.58 bits per heavy atom. The maximum absolute atomic E-state index is 11.9. The third-order valence-corrected chi connectivity index (χ3v) is 3.43. The van der Waals surface area contributed by atoms with Gasteiger partial charge in [-0.25, -0.2) is 0 Å². The van der Waals surface area contributed by atoms with E-state index in [0.29, 0.717) is 27.8 Å². The first-order chi connectivity index (χ1) is 11.5. The molecule has 126 valence electrons. The van der Waals surface area contributed by atoms with Gasteiger partial charge in [0.05, 0.1) is 30.5 Å². The minimum Gasteiger partial charge on any atom is -0.495 e. The number of thiocarbonyl (C=S) groups is 1. The van der Waals surface area contributed by atoms with E-state index in [-0.39, 0.29) is 11.0 Å². The number of rotatable bonds is 4. The number of aromatic nitrogens is 1. The zero-order chi connectivity index (χ0) is 17.5. The number of benzene rings is 1. The highest BCUT2D eigenvalue weighted by molar-refractivity contribution is 7.80. The van der Waals surface area contributed by atoms with Gasteiger partial charge in [0.2, 0.25) is 0 Å². The van der Waals surface area contributed by atoms with E-state index in [1.807, 2.05) is 0 Å². The van der Waals surface area contributed by atoms with Gasteiger partial charge in [-0.05, 0) is 24.4 Å². The van der Waals surface area contributed by atoms with Crippen LogP contribution in [-0.2, 0) is 0 Å². The van der Waals surface area contributed by atoms with Crippen molar-refractivity contribution in [1.82, 2.24) is 15.8 Å². The largest absolute Gasteiger partial charge is 0.495 e. The minimum absolute atomic E-state index is 0.162. The number of anilines is 1. The van der Waals surface area contributed by atoms with Crippen LogP contribution in [0.3, 0.4) is 0 Å². The van der Waals surface area contributed by atoms with E-state index in [4.69, 9.17) is 33.3 Å². The lowest BCUT2D eigenvalue weighted by Crippen LogP contribution is -2.43. The molecule has 0 atom stereocenters. The molecule has 0 radical (unpaired) electrons. The molecule has 0 aliphatic heterocycles. The van der Waals surface area contributed by atoms with Crippen LogP contribution in [0.4, 0.5) is 5.69 Å². The van der Waals surface area contributed by atoms with Gasteiger partial charge < -0.3 is 14.8 Å². The van der Waals surface area contributed by atoms with Crippen LogP contribution in [-0.4, -0.2) is 30.2 Å². The standard InChI is InChI=1S/C15H15ClN4O3S/c1-22-12-7-11(13(23-2)6-10(12)16)18-15(24)20-19-14(21)9-4-3-5-17-8-9/h3-8H,1-2H3,(H,19,21)(H2,18,20,24). The fourth-order valence-electron chi connectivity index (χ4n) is 1.79. The third-order valence-electron chi connectivity index (χ3n) is 2.94. The lowest BCUT2D eigenvalue weighted by molar-refractivity contribution is 0.0944. The average Bonchev–Trinajstić information content (AvgIpc) is 2.61. The van der Waals surface area contributed by atoms with Crippen LogP contribution in [0.25, 0.3) is 0 Å². The van der Waals surface area contributed by atoms with Gasteiger partial charge in [0.25, 0.3) is 5.91 Å². The summed E-state index contributed by atoms with van der Waals surface area (Å²) in [6.45, 7) is 0. The molecule has 0 fully saturated rings. The molecule has 0 aliphatic carbocycles. The summed E-state index contributed by atoms with van der Waals surface area (Å²) in [6, 6.07) is 6.53. The zero-order valence-corrected chi connectivity index (χ0v) is 14.5. The van der Waals surface area contributed by atoms with Crippen molar-refractivity contribution in [3.05, 3.63) is 47.2 Å². The highest BCUT2D eigenvalue weighted by Crippen LogP contribution is 2.35. The Hall–Kier alpha value is -2.58. The van der Waals surface area contributed by atoms with E-state index in [1.165, 1.54) is 20.4 Å². The monoisotopic (exact) mass is 366 g/mol. The van der Waals surface area contributed by atoms with Gasteiger partial charge in [-0.1, -0.05) is 11.6 Å². The number of methoxy groups -OCH3 is 2. The maximum atomic E-state index is 11.9. The number of amides is 1.